The van der Waals surface area contributed by atoms with Crippen molar-refractivity contribution in [2.24, 2.45) is 5.92 Å². The third-order valence-electron chi connectivity index (χ3n) is 6.07. The van der Waals surface area contributed by atoms with E-state index >= 15 is 0 Å². The molecule has 0 saturated carbocycles. The van der Waals surface area contributed by atoms with Crippen molar-refractivity contribution >= 4 is 6.03 Å². The number of benzene rings is 3. The van der Waals surface area contributed by atoms with Crippen molar-refractivity contribution in [3.63, 3.8) is 0 Å². The first-order valence-electron chi connectivity index (χ1n) is 12.6. The first-order valence-corrected chi connectivity index (χ1v) is 12.6. The second-order valence-electron chi connectivity index (χ2n) is 9.83. The van der Waals surface area contributed by atoms with Crippen LogP contribution in [0, 0.1) is 5.92 Å². The number of aliphatic hydroxyl groups excluding tert-OH is 1. The zero-order chi connectivity index (χ0) is 30.3. The summed E-state index contributed by atoms with van der Waals surface area (Å²) in [7, 11) is 0. The number of halogens is 6. The Bertz CT molecular complexity index is 1220. The van der Waals surface area contributed by atoms with Crippen LogP contribution in [0.5, 0.6) is 11.5 Å². The molecule has 0 aliphatic carbocycles. The maximum Gasteiger partial charge on any atom is 0.573 e. The number of alkyl halides is 6. The minimum absolute atomic E-state index is 0.0832. The van der Waals surface area contributed by atoms with Crippen LogP contribution < -0.4 is 20.1 Å². The quantitative estimate of drug-likeness (QED) is 0.220. The SMILES string of the molecule is CC(C)C[C@H](CO)NC(=O)NC(Cc1ccccc1)(c1cccc(OC(F)(F)F)c1)c1cccc(OC(F)(F)F)c1. The molecule has 0 aliphatic rings. The molecule has 12 heteroatoms. The fraction of sp³-hybridized carbons (Fsp3) is 0.345. The van der Waals surface area contributed by atoms with Crippen molar-refractivity contribution in [3.8, 4) is 11.5 Å². The average molecular weight is 585 g/mol. The smallest absolute Gasteiger partial charge is 0.406 e. The number of urea groups is 1. The van der Waals surface area contributed by atoms with Gasteiger partial charge in [0.2, 0.25) is 0 Å². The van der Waals surface area contributed by atoms with Gasteiger partial charge >= 0.3 is 18.8 Å². The molecule has 0 radical (unpaired) electrons. The lowest BCUT2D eigenvalue weighted by Gasteiger charge is -2.37. The molecule has 0 aliphatic heterocycles. The third-order valence-corrected chi connectivity index (χ3v) is 6.07. The fourth-order valence-corrected chi connectivity index (χ4v) is 4.54. The van der Waals surface area contributed by atoms with Crippen LogP contribution in [0.2, 0.25) is 0 Å². The van der Waals surface area contributed by atoms with E-state index in [-0.39, 0.29) is 30.1 Å². The molecule has 3 aromatic carbocycles. The largest absolute Gasteiger partial charge is 0.573 e. The molecular formula is C29H30F6N2O4. The first kappa shape index (κ1) is 31.6. The number of hydrogen-bond acceptors (Lipinski definition) is 4. The number of ether oxygens (including phenoxy) is 2. The molecule has 1 atom stereocenters. The number of aliphatic hydroxyl groups is 1. The Morgan fingerprint density at radius 1 is 0.805 bits per heavy atom. The normalized spacial score (nSPS) is 13.0. The molecule has 0 spiro atoms. The Hall–Kier alpha value is -3.93. The zero-order valence-corrected chi connectivity index (χ0v) is 22.2. The highest BCUT2D eigenvalue weighted by Crippen LogP contribution is 2.38. The molecule has 0 bridgehead atoms. The van der Waals surface area contributed by atoms with Gasteiger partial charge in [0.1, 0.15) is 11.5 Å². The lowest BCUT2D eigenvalue weighted by Crippen LogP contribution is -2.54. The van der Waals surface area contributed by atoms with Crippen LogP contribution in [0.3, 0.4) is 0 Å². The van der Waals surface area contributed by atoms with Gasteiger partial charge in [-0.05, 0) is 53.3 Å². The topological polar surface area (TPSA) is 79.8 Å². The van der Waals surface area contributed by atoms with Gasteiger partial charge in [-0.15, -0.1) is 26.3 Å². The number of carbonyl (C=O) groups excluding carboxylic acids is 1. The van der Waals surface area contributed by atoms with E-state index in [4.69, 9.17) is 0 Å². The van der Waals surface area contributed by atoms with E-state index in [2.05, 4.69) is 20.1 Å². The van der Waals surface area contributed by atoms with Gasteiger partial charge in [0.05, 0.1) is 18.2 Å². The summed E-state index contributed by atoms with van der Waals surface area (Å²) in [6.45, 7) is 3.39. The first-order chi connectivity index (χ1) is 19.2. The lowest BCUT2D eigenvalue weighted by molar-refractivity contribution is -0.275. The van der Waals surface area contributed by atoms with Crippen LogP contribution in [0.25, 0.3) is 0 Å². The molecule has 222 valence electrons. The summed E-state index contributed by atoms with van der Waals surface area (Å²) < 4.78 is 86.8. The van der Waals surface area contributed by atoms with Gasteiger partial charge in [-0.1, -0.05) is 68.4 Å². The molecule has 6 nitrogen and oxygen atoms in total. The van der Waals surface area contributed by atoms with Crippen molar-refractivity contribution < 1.29 is 45.7 Å². The molecule has 0 saturated heterocycles. The molecule has 0 fully saturated rings. The summed E-state index contributed by atoms with van der Waals surface area (Å²) in [5, 5.41) is 15.2. The summed E-state index contributed by atoms with van der Waals surface area (Å²) in [5.41, 5.74) is -0.934. The van der Waals surface area contributed by atoms with Crippen LogP contribution in [0.1, 0.15) is 37.0 Å². The zero-order valence-electron chi connectivity index (χ0n) is 22.2. The summed E-state index contributed by atoms with van der Waals surface area (Å²) in [6.07, 6.45) is -9.70. The number of hydrogen-bond donors (Lipinski definition) is 3. The second-order valence-corrected chi connectivity index (χ2v) is 9.83. The molecular weight excluding hydrogens is 554 g/mol. The van der Waals surface area contributed by atoms with Gasteiger partial charge in [0.25, 0.3) is 0 Å². The van der Waals surface area contributed by atoms with E-state index in [0.29, 0.717) is 12.0 Å². The van der Waals surface area contributed by atoms with E-state index in [1.54, 1.807) is 30.3 Å². The lowest BCUT2D eigenvalue weighted by atomic mass is 9.77. The van der Waals surface area contributed by atoms with Crippen molar-refractivity contribution in [1.29, 1.82) is 0 Å². The predicted molar refractivity (Wildman–Crippen MR) is 139 cm³/mol. The highest BCUT2D eigenvalue weighted by molar-refractivity contribution is 5.76. The monoisotopic (exact) mass is 584 g/mol. The third kappa shape index (κ3) is 9.59. The predicted octanol–water partition coefficient (Wildman–Crippen LogP) is 6.68. The summed E-state index contributed by atoms with van der Waals surface area (Å²) in [5.74, 6) is -1.08. The Morgan fingerprint density at radius 3 is 1.76 bits per heavy atom. The number of amides is 2. The van der Waals surface area contributed by atoms with Gasteiger partial charge in [-0.25, -0.2) is 4.79 Å². The number of nitrogens with one attached hydrogen (secondary N) is 2. The average Bonchev–Trinajstić information content (AvgIpc) is 2.86. The Kier molecular flexibility index (Phi) is 10.1. The number of rotatable bonds is 11. The van der Waals surface area contributed by atoms with Gasteiger partial charge in [-0.2, -0.15) is 0 Å². The van der Waals surface area contributed by atoms with E-state index in [0.717, 1.165) is 24.3 Å². The maximum absolute atomic E-state index is 13.4. The van der Waals surface area contributed by atoms with E-state index in [9.17, 15) is 36.2 Å². The molecule has 3 rings (SSSR count). The standard InChI is InChI=1S/C29H30F6N2O4/c1-19(2)14-23(18-38)36-26(39)37-27(17-20-8-4-3-5-9-20,21-10-6-12-24(15-21)40-28(30,31)32)22-11-7-13-25(16-22)41-29(33,34)35/h3-13,15-16,19,23,38H,14,17-18H2,1-2H3,(H2,36,37,39)/t23-/m1/s1. The second kappa shape index (κ2) is 13.2. The molecule has 2 amide bonds. The van der Waals surface area contributed by atoms with E-state index in [1.165, 1.54) is 24.3 Å². The summed E-state index contributed by atoms with van der Waals surface area (Å²) in [4.78, 5) is 13.4. The molecule has 41 heavy (non-hydrogen) atoms. The minimum atomic E-state index is -5.02. The summed E-state index contributed by atoms with van der Waals surface area (Å²) in [6, 6.07) is 16.8. The van der Waals surface area contributed by atoms with Crippen LogP contribution in [0.15, 0.2) is 78.9 Å². The molecule has 0 unspecified atom stereocenters. The van der Waals surface area contributed by atoms with Crippen molar-refractivity contribution in [1.82, 2.24) is 10.6 Å². The van der Waals surface area contributed by atoms with Gasteiger partial charge < -0.3 is 25.2 Å². The Labute approximate surface area is 233 Å². The molecule has 3 aromatic rings. The Morgan fingerprint density at radius 2 is 1.32 bits per heavy atom. The Balaban J connectivity index is 2.22. The van der Waals surface area contributed by atoms with Crippen molar-refractivity contribution in [2.75, 3.05) is 6.61 Å². The molecule has 0 aromatic heterocycles. The molecule has 3 N–H and O–H groups in total. The molecule has 0 heterocycles. The summed E-state index contributed by atoms with van der Waals surface area (Å²) >= 11 is 0. The van der Waals surface area contributed by atoms with Gasteiger partial charge in [0, 0.05) is 6.42 Å². The fourth-order valence-electron chi connectivity index (χ4n) is 4.54. The van der Waals surface area contributed by atoms with Crippen LogP contribution >= 0.6 is 0 Å². The van der Waals surface area contributed by atoms with E-state index < -0.39 is 41.8 Å². The van der Waals surface area contributed by atoms with Crippen LogP contribution in [-0.2, 0) is 12.0 Å². The van der Waals surface area contributed by atoms with Crippen LogP contribution in [-0.4, -0.2) is 36.5 Å². The van der Waals surface area contributed by atoms with Crippen molar-refractivity contribution in [3.05, 3.63) is 95.6 Å². The van der Waals surface area contributed by atoms with Gasteiger partial charge in [0.15, 0.2) is 0 Å². The van der Waals surface area contributed by atoms with Crippen LogP contribution in [0.4, 0.5) is 31.1 Å². The van der Waals surface area contributed by atoms with Crippen molar-refractivity contribution in [2.45, 2.75) is 51.0 Å². The van der Waals surface area contributed by atoms with E-state index in [1.807, 2.05) is 13.8 Å². The highest BCUT2D eigenvalue weighted by Gasteiger charge is 2.39. The highest BCUT2D eigenvalue weighted by atomic mass is 19.4. The number of carbonyl (C=O) groups is 1. The minimum Gasteiger partial charge on any atom is -0.406 e. The van der Waals surface area contributed by atoms with Gasteiger partial charge in [-0.3, -0.25) is 0 Å². The maximum atomic E-state index is 13.4.